The average Bonchev–Trinajstić information content (AvgIpc) is 2.81. The van der Waals surface area contributed by atoms with Crippen molar-refractivity contribution < 1.29 is 0 Å². The number of rotatable bonds is 6. The van der Waals surface area contributed by atoms with E-state index in [2.05, 4.69) is 60.0 Å². The molecule has 2 aromatic rings. The topological polar surface area (TPSA) is 29.9 Å². The molecule has 0 aliphatic heterocycles. The summed E-state index contributed by atoms with van der Waals surface area (Å²) in [6.45, 7) is 5.34. The lowest BCUT2D eigenvalue weighted by molar-refractivity contribution is 0.491. The van der Waals surface area contributed by atoms with Crippen molar-refractivity contribution in [3.63, 3.8) is 0 Å². The van der Waals surface area contributed by atoms with E-state index in [1.54, 1.807) is 0 Å². The second-order valence-corrected chi connectivity index (χ2v) is 5.10. The molecule has 102 valence electrons. The summed E-state index contributed by atoms with van der Waals surface area (Å²) in [5, 5.41) is 3.60. The van der Waals surface area contributed by atoms with Crippen molar-refractivity contribution >= 4 is 0 Å². The lowest BCUT2D eigenvalue weighted by Gasteiger charge is -2.18. The van der Waals surface area contributed by atoms with Crippen LogP contribution in [0.4, 0.5) is 0 Å². The van der Waals surface area contributed by atoms with Gasteiger partial charge in [0.2, 0.25) is 0 Å². The molecule has 0 amide bonds. The molecule has 19 heavy (non-hydrogen) atoms. The Morgan fingerprint density at radius 1 is 1.37 bits per heavy atom. The van der Waals surface area contributed by atoms with Gasteiger partial charge in [0, 0.05) is 19.4 Å². The number of imidazole rings is 1. The highest BCUT2D eigenvalue weighted by Gasteiger charge is 2.15. The van der Waals surface area contributed by atoms with Crippen molar-refractivity contribution in [2.45, 2.75) is 32.7 Å². The Bertz CT molecular complexity index is 516. The summed E-state index contributed by atoms with van der Waals surface area (Å²) in [4.78, 5) is 4.49. The van der Waals surface area contributed by atoms with E-state index >= 15 is 0 Å². The van der Waals surface area contributed by atoms with Crippen LogP contribution in [0.15, 0.2) is 36.7 Å². The monoisotopic (exact) mass is 257 g/mol. The number of hydrogen-bond donors (Lipinski definition) is 1. The summed E-state index contributed by atoms with van der Waals surface area (Å²) in [5.74, 6) is 1.11. The maximum atomic E-state index is 4.49. The molecule has 0 saturated carbocycles. The van der Waals surface area contributed by atoms with Gasteiger partial charge in [-0.05, 0) is 31.9 Å². The molecule has 1 aromatic heterocycles. The SMILES string of the molecule is CCCNC(Cc1cccc(C)c1)c1nccn1C. The molecule has 1 unspecified atom stereocenters. The third-order valence-corrected chi connectivity index (χ3v) is 3.33. The number of nitrogens with zero attached hydrogens (tertiary/aromatic N) is 2. The Morgan fingerprint density at radius 3 is 2.84 bits per heavy atom. The first-order valence-electron chi connectivity index (χ1n) is 6.97. The minimum absolute atomic E-state index is 0.279. The normalized spacial score (nSPS) is 12.6. The van der Waals surface area contributed by atoms with Gasteiger partial charge in [0.25, 0.3) is 0 Å². The molecule has 2 rings (SSSR count). The van der Waals surface area contributed by atoms with Crippen molar-refractivity contribution in [1.29, 1.82) is 0 Å². The summed E-state index contributed by atoms with van der Waals surface area (Å²) in [5.41, 5.74) is 2.67. The van der Waals surface area contributed by atoms with E-state index in [4.69, 9.17) is 0 Å². The van der Waals surface area contributed by atoms with Gasteiger partial charge in [0.15, 0.2) is 0 Å². The largest absolute Gasteiger partial charge is 0.337 e. The van der Waals surface area contributed by atoms with Gasteiger partial charge in [-0.2, -0.15) is 0 Å². The third kappa shape index (κ3) is 3.67. The molecule has 0 bridgehead atoms. The summed E-state index contributed by atoms with van der Waals surface area (Å²) >= 11 is 0. The van der Waals surface area contributed by atoms with Gasteiger partial charge in [-0.15, -0.1) is 0 Å². The van der Waals surface area contributed by atoms with E-state index in [-0.39, 0.29) is 6.04 Å². The maximum Gasteiger partial charge on any atom is 0.125 e. The summed E-state index contributed by atoms with van der Waals surface area (Å²) in [6, 6.07) is 8.99. The Kier molecular flexibility index (Phi) is 4.74. The smallest absolute Gasteiger partial charge is 0.125 e. The molecule has 3 heteroatoms. The van der Waals surface area contributed by atoms with E-state index in [1.807, 2.05) is 12.4 Å². The zero-order valence-electron chi connectivity index (χ0n) is 12.1. The van der Waals surface area contributed by atoms with Crippen LogP contribution in [-0.2, 0) is 13.5 Å². The molecule has 3 nitrogen and oxygen atoms in total. The Balaban J connectivity index is 2.16. The van der Waals surface area contributed by atoms with Gasteiger partial charge < -0.3 is 9.88 Å². The molecule has 0 aliphatic rings. The zero-order valence-corrected chi connectivity index (χ0v) is 12.1. The molecule has 1 aromatic carbocycles. The highest BCUT2D eigenvalue weighted by atomic mass is 15.1. The highest BCUT2D eigenvalue weighted by molar-refractivity contribution is 5.23. The number of benzene rings is 1. The number of nitrogens with one attached hydrogen (secondary N) is 1. The van der Waals surface area contributed by atoms with Crippen molar-refractivity contribution in [2.75, 3.05) is 6.54 Å². The van der Waals surface area contributed by atoms with Crippen LogP contribution in [0.2, 0.25) is 0 Å². The first kappa shape index (κ1) is 13.8. The molecule has 0 fully saturated rings. The quantitative estimate of drug-likeness (QED) is 0.862. The molecule has 1 N–H and O–H groups in total. The summed E-state index contributed by atoms with van der Waals surface area (Å²) < 4.78 is 2.10. The minimum atomic E-state index is 0.279. The van der Waals surface area contributed by atoms with Gasteiger partial charge in [-0.1, -0.05) is 36.8 Å². The van der Waals surface area contributed by atoms with Crippen LogP contribution < -0.4 is 5.32 Å². The van der Waals surface area contributed by atoms with Crippen molar-refractivity contribution in [2.24, 2.45) is 7.05 Å². The predicted octanol–water partition coefficient (Wildman–Crippen LogP) is 3.01. The summed E-state index contributed by atoms with van der Waals surface area (Å²) in [7, 11) is 2.05. The number of aromatic nitrogens is 2. The van der Waals surface area contributed by atoms with Crippen molar-refractivity contribution in [3.05, 3.63) is 53.6 Å². The van der Waals surface area contributed by atoms with Gasteiger partial charge in [-0.3, -0.25) is 0 Å². The zero-order chi connectivity index (χ0) is 13.7. The fourth-order valence-corrected chi connectivity index (χ4v) is 2.36. The van der Waals surface area contributed by atoms with E-state index in [1.165, 1.54) is 11.1 Å². The average molecular weight is 257 g/mol. The first-order chi connectivity index (χ1) is 9.20. The molecule has 1 atom stereocenters. The fraction of sp³-hybridized carbons (Fsp3) is 0.438. The molecular formula is C16H23N3. The van der Waals surface area contributed by atoms with E-state index < -0.39 is 0 Å². The standard InChI is InChI=1S/C16H23N3/c1-4-8-17-15(16-18-9-10-19(16)3)12-14-7-5-6-13(2)11-14/h5-7,9-11,15,17H,4,8,12H2,1-3H3. The molecule has 0 aliphatic carbocycles. The van der Waals surface area contributed by atoms with Gasteiger partial charge >= 0.3 is 0 Å². The van der Waals surface area contributed by atoms with Crippen molar-refractivity contribution in [1.82, 2.24) is 14.9 Å². The van der Waals surface area contributed by atoms with Crippen LogP contribution in [0, 0.1) is 6.92 Å². The van der Waals surface area contributed by atoms with Crippen LogP contribution in [-0.4, -0.2) is 16.1 Å². The Morgan fingerprint density at radius 2 is 2.21 bits per heavy atom. The Labute approximate surface area is 115 Å². The van der Waals surface area contributed by atoms with Gasteiger partial charge in [0.05, 0.1) is 6.04 Å². The van der Waals surface area contributed by atoms with Crippen LogP contribution in [0.3, 0.4) is 0 Å². The Hall–Kier alpha value is -1.61. The minimum Gasteiger partial charge on any atom is -0.337 e. The third-order valence-electron chi connectivity index (χ3n) is 3.33. The van der Waals surface area contributed by atoms with E-state index in [0.29, 0.717) is 0 Å². The first-order valence-corrected chi connectivity index (χ1v) is 6.97. The molecular weight excluding hydrogens is 234 g/mol. The lowest BCUT2D eigenvalue weighted by atomic mass is 10.0. The van der Waals surface area contributed by atoms with Crippen LogP contribution >= 0.6 is 0 Å². The maximum absolute atomic E-state index is 4.49. The lowest BCUT2D eigenvalue weighted by Crippen LogP contribution is -2.26. The second kappa shape index (κ2) is 6.53. The second-order valence-electron chi connectivity index (χ2n) is 5.10. The van der Waals surface area contributed by atoms with E-state index in [0.717, 1.165) is 25.2 Å². The van der Waals surface area contributed by atoms with Crippen molar-refractivity contribution in [3.8, 4) is 0 Å². The molecule has 0 spiro atoms. The molecule has 0 radical (unpaired) electrons. The fourth-order valence-electron chi connectivity index (χ4n) is 2.36. The number of hydrogen-bond acceptors (Lipinski definition) is 2. The molecule has 1 heterocycles. The van der Waals surface area contributed by atoms with E-state index in [9.17, 15) is 0 Å². The van der Waals surface area contributed by atoms with Crippen LogP contribution in [0.25, 0.3) is 0 Å². The number of aryl methyl sites for hydroxylation is 2. The summed E-state index contributed by atoms with van der Waals surface area (Å²) in [6.07, 6.45) is 5.99. The van der Waals surface area contributed by atoms with Crippen LogP contribution in [0.5, 0.6) is 0 Å². The predicted molar refractivity (Wildman–Crippen MR) is 79.1 cm³/mol. The van der Waals surface area contributed by atoms with Gasteiger partial charge in [0.1, 0.15) is 5.82 Å². The highest BCUT2D eigenvalue weighted by Crippen LogP contribution is 2.17. The molecule has 0 saturated heterocycles. The van der Waals surface area contributed by atoms with Gasteiger partial charge in [-0.25, -0.2) is 4.98 Å². The van der Waals surface area contributed by atoms with Crippen LogP contribution in [0.1, 0.15) is 36.3 Å².